The lowest BCUT2D eigenvalue weighted by atomic mass is 10.1. The summed E-state index contributed by atoms with van der Waals surface area (Å²) in [6.45, 7) is 5.09. The number of carboxylic acid groups (broad SMARTS) is 1. The van der Waals surface area contributed by atoms with Crippen molar-refractivity contribution in [3.63, 3.8) is 0 Å². The Morgan fingerprint density at radius 2 is 2.16 bits per heavy atom. The quantitative estimate of drug-likeness (QED) is 0.801. The van der Waals surface area contributed by atoms with E-state index < -0.39 is 5.97 Å². The molecule has 0 heterocycles. The highest BCUT2D eigenvalue weighted by Crippen LogP contribution is 2.20. The van der Waals surface area contributed by atoms with Crippen LogP contribution in [-0.4, -0.2) is 24.7 Å². The molecule has 1 N–H and O–H groups in total. The normalized spacial score (nSPS) is 12.6. The predicted octanol–water partition coefficient (Wildman–Crippen LogP) is 3.41. The van der Waals surface area contributed by atoms with E-state index in [4.69, 9.17) is 5.11 Å². The molecule has 3 nitrogen and oxygen atoms in total. The summed E-state index contributed by atoms with van der Waals surface area (Å²) in [6, 6.07) is 4.56. The van der Waals surface area contributed by atoms with Gasteiger partial charge in [0, 0.05) is 25.4 Å². The second-order valence-electron chi connectivity index (χ2n) is 4.81. The first-order valence-corrected chi connectivity index (χ1v) is 6.35. The van der Waals surface area contributed by atoms with E-state index >= 15 is 0 Å². The van der Waals surface area contributed by atoms with Crippen LogP contribution in [0.4, 0.5) is 10.1 Å². The zero-order valence-electron chi connectivity index (χ0n) is 11.6. The van der Waals surface area contributed by atoms with Gasteiger partial charge in [-0.15, -0.1) is 0 Å². The number of rotatable bonds is 6. The molecule has 0 amide bonds. The van der Waals surface area contributed by atoms with Crippen LogP contribution in [0, 0.1) is 11.7 Å². The fourth-order valence-electron chi connectivity index (χ4n) is 1.78. The van der Waals surface area contributed by atoms with Crippen LogP contribution in [0.1, 0.15) is 25.8 Å². The van der Waals surface area contributed by atoms with Crippen LogP contribution >= 0.6 is 0 Å². The summed E-state index contributed by atoms with van der Waals surface area (Å²) in [5.41, 5.74) is 1.30. The van der Waals surface area contributed by atoms with Crippen molar-refractivity contribution in [3.8, 4) is 0 Å². The molecule has 1 aromatic carbocycles. The Bertz CT molecular complexity index is 471. The maximum atomic E-state index is 13.5. The van der Waals surface area contributed by atoms with E-state index in [1.807, 2.05) is 11.9 Å². The summed E-state index contributed by atoms with van der Waals surface area (Å²) in [5.74, 6) is -0.886. The summed E-state index contributed by atoms with van der Waals surface area (Å²) < 4.78 is 13.5. The molecule has 0 aliphatic heterocycles. The van der Waals surface area contributed by atoms with Crippen molar-refractivity contribution in [3.05, 3.63) is 35.7 Å². The van der Waals surface area contributed by atoms with Gasteiger partial charge in [-0.05, 0) is 35.8 Å². The van der Waals surface area contributed by atoms with Crippen LogP contribution in [0.5, 0.6) is 0 Å². The molecule has 0 aliphatic carbocycles. The minimum absolute atomic E-state index is 0.362. The second kappa shape index (κ2) is 6.92. The van der Waals surface area contributed by atoms with Crippen LogP contribution in [0.2, 0.25) is 0 Å². The summed E-state index contributed by atoms with van der Waals surface area (Å²) in [4.78, 5) is 12.5. The largest absolute Gasteiger partial charge is 0.478 e. The third-order valence-electron chi connectivity index (χ3n) is 3.05. The Balaban J connectivity index is 2.92. The number of carboxylic acids is 1. The van der Waals surface area contributed by atoms with E-state index in [-0.39, 0.29) is 5.82 Å². The number of hydrogen-bond donors (Lipinski definition) is 1. The number of nitrogens with zero attached hydrogens (tertiary/aromatic N) is 1. The molecule has 0 bridgehead atoms. The van der Waals surface area contributed by atoms with Gasteiger partial charge in [-0.25, -0.2) is 9.18 Å². The first-order valence-electron chi connectivity index (χ1n) is 6.35. The average Bonchev–Trinajstić information content (AvgIpc) is 2.35. The smallest absolute Gasteiger partial charge is 0.328 e. The maximum absolute atomic E-state index is 13.5. The van der Waals surface area contributed by atoms with E-state index in [2.05, 4.69) is 13.8 Å². The number of aliphatic carboxylic acids is 1. The molecular weight excluding hydrogens is 245 g/mol. The lowest BCUT2D eigenvalue weighted by Crippen LogP contribution is -2.23. The molecule has 1 rings (SSSR count). The van der Waals surface area contributed by atoms with Gasteiger partial charge in [0.2, 0.25) is 0 Å². The number of anilines is 1. The molecule has 19 heavy (non-hydrogen) atoms. The van der Waals surface area contributed by atoms with Crippen LogP contribution < -0.4 is 4.90 Å². The maximum Gasteiger partial charge on any atom is 0.328 e. The van der Waals surface area contributed by atoms with Gasteiger partial charge in [-0.3, -0.25) is 0 Å². The van der Waals surface area contributed by atoms with Crippen molar-refractivity contribution in [2.24, 2.45) is 5.92 Å². The topological polar surface area (TPSA) is 40.5 Å². The highest BCUT2D eigenvalue weighted by atomic mass is 19.1. The van der Waals surface area contributed by atoms with E-state index in [1.54, 1.807) is 6.07 Å². The minimum atomic E-state index is -1.04. The van der Waals surface area contributed by atoms with Crippen molar-refractivity contribution in [1.82, 2.24) is 0 Å². The Labute approximate surface area is 113 Å². The zero-order valence-corrected chi connectivity index (χ0v) is 11.6. The molecule has 0 aromatic heterocycles. The Morgan fingerprint density at radius 3 is 2.74 bits per heavy atom. The van der Waals surface area contributed by atoms with Crippen molar-refractivity contribution in [2.45, 2.75) is 20.3 Å². The fraction of sp³-hybridized carbons (Fsp3) is 0.400. The number of hydrogen-bond acceptors (Lipinski definition) is 2. The Morgan fingerprint density at radius 1 is 1.47 bits per heavy atom. The zero-order chi connectivity index (χ0) is 14.4. The van der Waals surface area contributed by atoms with Gasteiger partial charge < -0.3 is 10.0 Å². The molecule has 1 aromatic rings. The number of carbonyl (C=O) groups is 1. The van der Waals surface area contributed by atoms with Crippen LogP contribution in [0.3, 0.4) is 0 Å². The lowest BCUT2D eigenvalue weighted by Gasteiger charge is -2.23. The van der Waals surface area contributed by atoms with Crippen molar-refractivity contribution < 1.29 is 14.3 Å². The highest BCUT2D eigenvalue weighted by molar-refractivity contribution is 5.85. The van der Waals surface area contributed by atoms with Crippen molar-refractivity contribution in [2.75, 3.05) is 18.5 Å². The minimum Gasteiger partial charge on any atom is -0.478 e. The van der Waals surface area contributed by atoms with Gasteiger partial charge in [0.05, 0.1) is 0 Å². The van der Waals surface area contributed by atoms with Gasteiger partial charge >= 0.3 is 5.97 Å². The molecule has 104 valence electrons. The van der Waals surface area contributed by atoms with E-state index in [1.165, 1.54) is 18.2 Å². The molecule has 0 fully saturated rings. The van der Waals surface area contributed by atoms with Gasteiger partial charge in [-0.1, -0.05) is 20.3 Å². The van der Waals surface area contributed by atoms with Gasteiger partial charge in [-0.2, -0.15) is 0 Å². The van der Waals surface area contributed by atoms with Crippen LogP contribution in [0.15, 0.2) is 24.3 Å². The summed E-state index contributed by atoms with van der Waals surface area (Å²) in [7, 11) is 1.91. The first kappa shape index (κ1) is 15.2. The molecule has 1 atom stereocenters. The van der Waals surface area contributed by atoms with Gasteiger partial charge in [0.15, 0.2) is 0 Å². The molecule has 0 spiro atoms. The predicted molar refractivity (Wildman–Crippen MR) is 75.8 cm³/mol. The number of halogens is 1. The standard InChI is InChI=1S/C15H20FNO2/c1-4-11(2)10-17(3)14-8-12(5-6-15(18)19)7-13(16)9-14/h5-9,11H,4,10H2,1-3H3,(H,18,19)/b6-5+. The molecule has 1 unspecified atom stereocenters. The van der Waals surface area contributed by atoms with Crippen LogP contribution in [-0.2, 0) is 4.79 Å². The van der Waals surface area contributed by atoms with Crippen molar-refractivity contribution in [1.29, 1.82) is 0 Å². The van der Waals surface area contributed by atoms with E-state index in [0.717, 1.165) is 24.7 Å². The third-order valence-corrected chi connectivity index (χ3v) is 3.05. The summed E-state index contributed by atoms with van der Waals surface area (Å²) in [6.07, 6.45) is 3.46. The molecule has 0 saturated carbocycles. The monoisotopic (exact) mass is 265 g/mol. The molecule has 0 saturated heterocycles. The average molecular weight is 265 g/mol. The Kier molecular flexibility index (Phi) is 5.55. The Hall–Kier alpha value is -1.84. The van der Waals surface area contributed by atoms with E-state index in [9.17, 15) is 9.18 Å². The van der Waals surface area contributed by atoms with Crippen molar-refractivity contribution >= 4 is 17.7 Å². The first-order chi connectivity index (χ1) is 8.92. The van der Waals surface area contributed by atoms with E-state index in [0.29, 0.717) is 11.5 Å². The fourth-order valence-corrected chi connectivity index (χ4v) is 1.78. The lowest BCUT2D eigenvalue weighted by molar-refractivity contribution is -0.131. The molecular formula is C15H20FNO2. The SMILES string of the molecule is CCC(C)CN(C)c1cc(F)cc(/C=C/C(=O)O)c1. The second-order valence-corrected chi connectivity index (χ2v) is 4.81. The molecule has 4 heteroatoms. The summed E-state index contributed by atoms with van der Waals surface area (Å²) in [5, 5.41) is 8.58. The van der Waals surface area contributed by atoms with Crippen LogP contribution in [0.25, 0.3) is 6.08 Å². The number of benzene rings is 1. The third kappa shape index (κ3) is 5.12. The van der Waals surface area contributed by atoms with Gasteiger partial charge in [0.25, 0.3) is 0 Å². The van der Waals surface area contributed by atoms with Gasteiger partial charge in [0.1, 0.15) is 5.82 Å². The molecule has 0 aliphatic rings. The highest BCUT2D eigenvalue weighted by Gasteiger charge is 2.07. The molecule has 0 radical (unpaired) electrons. The summed E-state index contributed by atoms with van der Waals surface area (Å²) >= 11 is 0.